The van der Waals surface area contributed by atoms with Crippen LogP contribution in [0.25, 0.3) is 6.08 Å². The number of nitrogens with zero attached hydrogens (tertiary/aromatic N) is 1. The Hall–Kier alpha value is -1.62. The molecule has 0 bridgehead atoms. The zero-order valence-corrected chi connectivity index (χ0v) is 9.05. The molecule has 1 rings (SSSR count). The van der Waals surface area contributed by atoms with Crippen LogP contribution >= 0.6 is 0 Å². The van der Waals surface area contributed by atoms with Gasteiger partial charge in [-0.1, -0.05) is 25.5 Å². The van der Waals surface area contributed by atoms with Crippen molar-refractivity contribution in [3.8, 4) is 6.07 Å². The van der Waals surface area contributed by atoms with Crippen molar-refractivity contribution in [1.82, 2.24) is 0 Å². The molecule has 0 radical (unpaired) electrons. The molecular weight excluding hydrogens is 189 g/mol. The molecular formula is C13H14FN. The van der Waals surface area contributed by atoms with Gasteiger partial charge in [-0.3, -0.25) is 0 Å². The van der Waals surface area contributed by atoms with Crippen LogP contribution in [0.15, 0.2) is 18.2 Å². The van der Waals surface area contributed by atoms with Crippen molar-refractivity contribution in [2.24, 2.45) is 0 Å². The lowest BCUT2D eigenvalue weighted by atomic mass is 10.0. The van der Waals surface area contributed by atoms with Gasteiger partial charge < -0.3 is 0 Å². The first-order valence-corrected chi connectivity index (χ1v) is 5.05. The van der Waals surface area contributed by atoms with Gasteiger partial charge in [-0.05, 0) is 36.6 Å². The van der Waals surface area contributed by atoms with Crippen molar-refractivity contribution >= 4 is 6.08 Å². The number of unbranched alkanes of at least 4 members (excludes halogenated alkanes) is 1. The van der Waals surface area contributed by atoms with E-state index in [0.29, 0.717) is 0 Å². The summed E-state index contributed by atoms with van der Waals surface area (Å²) in [6.45, 7) is 3.94. The molecule has 0 N–H and O–H groups in total. The van der Waals surface area contributed by atoms with E-state index in [1.54, 1.807) is 6.07 Å². The van der Waals surface area contributed by atoms with Crippen molar-refractivity contribution < 1.29 is 4.39 Å². The summed E-state index contributed by atoms with van der Waals surface area (Å²) in [5.74, 6) is -0.442. The van der Waals surface area contributed by atoms with E-state index in [1.165, 1.54) is 6.07 Å². The summed E-state index contributed by atoms with van der Waals surface area (Å²) in [7, 11) is 0. The predicted molar refractivity (Wildman–Crippen MR) is 59.8 cm³/mol. The summed E-state index contributed by atoms with van der Waals surface area (Å²) < 4.78 is 13.2. The third-order valence-corrected chi connectivity index (χ3v) is 2.23. The lowest BCUT2D eigenvalue weighted by molar-refractivity contribution is 0.622. The van der Waals surface area contributed by atoms with Gasteiger partial charge in [-0.2, -0.15) is 5.26 Å². The van der Waals surface area contributed by atoms with E-state index >= 15 is 0 Å². The van der Waals surface area contributed by atoms with Crippen LogP contribution in [0.4, 0.5) is 4.39 Å². The fourth-order valence-corrected chi connectivity index (χ4v) is 1.33. The Morgan fingerprint density at radius 2 is 2.20 bits per heavy atom. The highest BCUT2D eigenvalue weighted by Crippen LogP contribution is 2.16. The van der Waals surface area contributed by atoms with Gasteiger partial charge in [0.2, 0.25) is 0 Å². The van der Waals surface area contributed by atoms with Crippen LogP contribution < -0.4 is 0 Å². The van der Waals surface area contributed by atoms with E-state index in [4.69, 9.17) is 5.26 Å². The molecule has 1 nitrogen and oxygen atoms in total. The van der Waals surface area contributed by atoms with Gasteiger partial charge in [0.25, 0.3) is 0 Å². The molecule has 0 aliphatic heterocycles. The topological polar surface area (TPSA) is 23.8 Å². The van der Waals surface area contributed by atoms with Crippen LogP contribution in [0, 0.1) is 24.1 Å². The first-order chi connectivity index (χ1) is 7.19. The molecule has 0 amide bonds. The van der Waals surface area contributed by atoms with E-state index < -0.39 is 5.82 Å². The Kier molecular flexibility index (Phi) is 4.05. The van der Waals surface area contributed by atoms with E-state index in [1.807, 2.05) is 25.1 Å². The van der Waals surface area contributed by atoms with E-state index in [2.05, 4.69) is 6.92 Å². The summed E-state index contributed by atoms with van der Waals surface area (Å²) in [6.07, 6.45) is 6.07. The molecule has 0 atom stereocenters. The van der Waals surface area contributed by atoms with Gasteiger partial charge in [0.1, 0.15) is 11.9 Å². The minimum absolute atomic E-state index is 0.108. The second kappa shape index (κ2) is 5.31. The maximum absolute atomic E-state index is 13.2. The number of benzene rings is 1. The Morgan fingerprint density at radius 1 is 1.47 bits per heavy atom. The van der Waals surface area contributed by atoms with Crippen molar-refractivity contribution in [3.05, 3.63) is 40.7 Å². The molecule has 1 aromatic carbocycles. The Labute approximate surface area is 89.9 Å². The number of hydrogen-bond acceptors (Lipinski definition) is 1. The highest BCUT2D eigenvalue weighted by atomic mass is 19.1. The molecule has 2 heteroatoms. The van der Waals surface area contributed by atoms with Gasteiger partial charge in [0, 0.05) is 0 Å². The van der Waals surface area contributed by atoms with Crippen molar-refractivity contribution in [2.75, 3.05) is 0 Å². The van der Waals surface area contributed by atoms with E-state index in [-0.39, 0.29) is 5.56 Å². The maximum atomic E-state index is 13.2. The Morgan fingerprint density at radius 3 is 2.80 bits per heavy atom. The first kappa shape index (κ1) is 11.5. The van der Waals surface area contributed by atoms with Crippen LogP contribution in [0.3, 0.4) is 0 Å². The van der Waals surface area contributed by atoms with Crippen molar-refractivity contribution in [1.29, 1.82) is 5.26 Å². The first-order valence-electron chi connectivity index (χ1n) is 5.05. The number of halogens is 1. The van der Waals surface area contributed by atoms with Gasteiger partial charge in [0.05, 0.1) is 5.56 Å². The lowest BCUT2D eigenvalue weighted by Crippen LogP contribution is -1.89. The molecule has 0 aliphatic rings. The molecule has 15 heavy (non-hydrogen) atoms. The average Bonchev–Trinajstić information content (AvgIpc) is 2.21. The summed E-state index contributed by atoms with van der Waals surface area (Å²) >= 11 is 0. The maximum Gasteiger partial charge on any atom is 0.141 e. The average molecular weight is 203 g/mol. The minimum atomic E-state index is -0.442. The predicted octanol–water partition coefficient (Wildman–Crippen LogP) is 3.82. The molecule has 0 unspecified atom stereocenters. The monoisotopic (exact) mass is 203 g/mol. The van der Waals surface area contributed by atoms with Gasteiger partial charge in [0.15, 0.2) is 0 Å². The van der Waals surface area contributed by atoms with E-state index in [9.17, 15) is 4.39 Å². The third-order valence-electron chi connectivity index (χ3n) is 2.23. The Bertz CT molecular complexity index is 413. The quantitative estimate of drug-likeness (QED) is 0.732. The zero-order chi connectivity index (χ0) is 11.3. The summed E-state index contributed by atoms with van der Waals surface area (Å²) in [5.41, 5.74) is 1.89. The Balaban J connectivity index is 3.04. The van der Waals surface area contributed by atoms with E-state index in [0.717, 1.165) is 24.0 Å². The van der Waals surface area contributed by atoms with Crippen LogP contribution in [0.2, 0.25) is 0 Å². The fourth-order valence-electron chi connectivity index (χ4n) is 1.33. The second-order valence-corrected chi connectivity index (χ2v) is 3.49. The number of hydrogen-bond donors (Lipinski definition) is 0. The van der Waals surface area contributed by atoms with Crippen LogP contribution in [-0.4, -0.2) is 0 Å². The number of rotatable bonds is 3. The number of nitriles is 1. The third kappa shape index (κ3) is 2.92. The van der Waals surface area contributed by atoms with Gasteiger partial charge in [-0.15, -0.1) is 0 Å². The highest BCUT2D eigenvalue weighted by molar-refractivity contribution is 5.56. The van der Waals surface area contributed by atoms with Crippen molar-refractivity contribution in [3.63, 3.8) is 0 Å². The molecule has 78 valence electrons. The normalized spacial score (nSPS) is 10.5. The lowest BCUT2D eigenvalue weighted by Gasteiger charge is -2.02. The molecule has 0 saturated carbocycles. The van der Waals surface area contributed by atoms with Crippen LogP contribution in [-0.2, 0) is 0 Å². The number of aryl methyl sites for hydroxylation is 1. The van der Waals surface area contributed by atoms with Crippen LogP contribution in [0.1, 0.15) is 36.5 Å². The van der Waals surface area contributed by atoms with Crippen LogP contribution in [0.5, 0.6) is 0 Å². The molecule has 0 aromatic heterocycles. The second-order valence-electron chi connectivity index (χ2n) is 3.49. The summed E-state index contributed by atoms with van der Waals surface area (Å²) in [4.78, 5) is 0. The summed E-state index contributed by atoms with van der Waals surface area (Å²) in [6, 6.07) is 4.85. The number of allylic oxidation sites excluding steroid dienone is 1. The summed E-state index contributed by atoms with van der Waals surface area (Å²) in [5, 5.41) is 8.69. The molecule has 0 aliphatic carbocycles. The SMILES string of the molecule is CCC/C=C\c1cc(C#N)c(F)cc1C. The molecule has 0 saturated heterocycles. The molecule has 0 fully saturated rings. The highest BCUT2D eigenvalue weighted by Gasteiger charge is 2.04. The molecule has 0 heterocycles. The van der Waals surface area contributed by atoms with Gasteiger partial charge in [-0.25, -0.2) is 4.39 Å². The standard InChI is InChI=1S/C13H14FN/c1-3-4-5-6-11-8-12(9-15)13(14)7-10(11)2/h5-8H,3-4H2,1-2H3/b6-5-. The smallest absolute Gasteiger partial charge is 0.141 e. The zero-order valence-electron chi connectivity index (χ0n) is 9.05. The fraction of sp³-hybridized carbons (Fsp3) is 0.308. The van der Waals surface area contributed by atoms with Gasteiger partial charge >= 0.3 is 0 Å². The molecule has 1 aromatic rings. The minimum Gasteiger partial charge on any atom is -0.206 e. The van der Waals surface area contributed by atoms with Crippen molar-refractivity contribution in [2.45, 2.75) is 26.7 Å². The largest absolute Gasteiger partial charge is 0.206 e. The molecule has 0 spiro atoms.